The molecule has 0 aliphatic rings. The van der Waals surface area contributed by atoms with Gasteiger partial charge in [-0.1, -0.05) is 36.9 Å². The first-order chi connectivity index (χ1) is 10.4. The predicted molar refractivity (Wildman–Crippen MR) is 89.3 cm³/mol. The molecule has 0 aromatic carbocycles. The number of rotatable bonds is 6. The second-order valence-electron chi connectivity index (χ2n) is 5.37. The highest BCUT2D eigenvalue weighted by atomic mass is 32.2. The fourth-order valence-electron chi connectivity index (χ4n) is 1.78. The number of carbonyl (C=O) groups is 1. The summed E-state index contributed by atoms with van der Waals surface area (Å²) in [5.41, 5.74) is 1.80. The molecule has 0 bridgehead atoms. The van der Waals surface area contributed by atoms with Gasteiger partial charge in [-0.3, -0.25) is 10.1 Å². The van der Waals surface area contributed by atoms with Gasteiger partial charge in [0.25, 0.3) is 0 Å². The van der Waals surface area contributed by atoms with Crippen LogP contribution in [0.5, 0.6) is 0 Å². The molecule has 0 saturated heterocycles. The Morgan fingerprint density at radius 3 is 2.59 bits per heavy atom. The van der Waals surface area contributed by atoms with Crippen molar-refractivity contribution in [3.05, 3.63) is 22.5 Å². The highest BCUT2D eigenvalue weighted by Gasteiger charge is 2.11. The highest BCUT2D eigenvalue weighted by Crippen LogP contribution is 2.19. The van der Waals surface area contributed by atoms with Crippen molar-refractivity contribution in [1.29, 1.82) is 0 Å². The molecule has 0 fully saturated rings. The minimum absolute atomic E-state index is 0.125. The maximum atomic E-state index is 11.9. The fourth-order valence-corrected chi connectivity index (χ4v) is 3.50. The van der Waals surface area contributed by atoms with E-state index >= 15 is 0 Å². The molecular weight excluding hydrogens is 318 g/mol. The number of hydrogen-bond donors (Lipinski definition) is 1. The number of aryl methyl sites for hydroxylation is 2. The first kappa shape index (κ1) is 16.8. The average molecular weight is 337 g/mol. The van der Waals surface area contributed by atoms with E-state index in [9.17, 15) is 4.79 Å². The Hall–Kier alpha value is -1.54. The third kappa shape index (κ3) is 5.34. The van der Waals surface area contributed by atoms with Crippen molar-refractivity contribution in [2.45, 2.75) is 39.3 Å². The molecule has 1 N–H and O–H groups in total. The van der Waals surface area contributed by atoms with Crippen LogP contribution in [0.25, 0.3) is 0 Å². The van der Waals surface area contributed by atoms with Crippen molar-refractivity contribution in [3.8, 4) is 0 Å². The van der Waals surface area contributed by atoms with Crippen LogP contribution in [0.1, 0.15) is 30.2 Å². The van der Waals surface area contributed by atoms with Crippen LogP contribution in [0.15, 0.2) is 11.2 Å². The summed E-state index contributed by atoms with van der Waals surface area (Å²) >= 11 is 2.74. The topological polar surface area (TPSA) is 80.7 Å². The van der Waals surface area contributed by atoms with Crippen molar-refractivity contribution in [2.75, 3.05) is 11.1 Å². The van der Waals surface area contributed by atoms with Gasteiger partial charge in [-0.25, -0.2) is 9.97 Å². The third-order valence-electron chi connectivity index (χ3n) is 2.59. The Labute approximate surface area is 138 Å². The van der Waals surface area contributed by atoms with Crippen LogP contribution >= 0.6 is 23.1 Å². The van der Waals surface area contributed by atoms with Crippen LogP contribution in [-0.4, -0.2) is 31.8 Å². The van der Waals surface area contributed by atoms with Crippen molar-refractivity contribution >= 4 is 34.1 Å². The maximum absolute atomic E-state index is 11.9. The van der Waals surface area contributed by atoms with E-state index in [2.05, 4.69) is 39.3 Å². The Balaban J connectivity index is 1.86. The Kier molecular flexibility index (Phi) is 5.84. The largest absolute Gasteiger partial charge is 0.300 e. The molecule has 2 aromatic rings. The van der Waals surface area contributed by atoms with Crippen LogP contribution in [0, 0.1) is 19.8 Å². The third-order valence-corrected chi connectivity index (χ3v) is 4.30. The van der Waals surface area contributed by atoms with Crippen LogP contribution < -0.4 is 5.32 Å². The van der Waals surface area contributed by atoms with E-state index in [1.165, 1.54) is 23.1 Å². The summed E-state index contributed by atoms with van der Waals surface area (Å²) in [6.07, 6.45) is 0.874. The number of nitrogens with one attached hydrogen (secondary N) is 1. The van der Waals surface area contributed by atoms with Gasteiger partial charge in [0, 0.05) is 17.8 Å². The van der Waals surface area contributed by atoms with Gasteiger partial charge in [0.05, 0.1) is 5.75 Å². The van der Waals surface area contributed by atoms with Gasteiger partial charge >= 0.3 is 0 Å². The number of nitrogens with zero attached hydrogens (tertiary/aromatic N) is 4. The van der Waals surface area contributed by atoms with Crippen LogP contribution in [0.4, 0.5) is 5.13 Å². The molecule has 0 aliphatic heterocycles. The fraction of sp³-hybridized carbons (Fsp3) is 0.500. The van der Waals surface area contributed by atoms with Crippen molar-refractivity contribution in [2.24, 2.45) is 5.92 Å². The van der Waals surface area contributed by atoms with Gasteiger partial charge in [0.1, 0.15) is 5.01 Å². The van der Waals surface area contributed by atoms with Gasteiger partial charge < -0.3 is 0 Å². The van der Waals surface area contributed by atoms with Crippen LogP contribution in [-0.2, 0) is 11.2 Å². The van der Waals surface area contributed by atoms with E-state index < -0.39 is 0 Å². The minimum atomic E-state index is -0.125. The zero-order valence-electron chi connectivity index (χ0n) is 13.1. The molecule has 2 heterocycles. The van der Waals surface area contributed by atoms with E-state index in [1.807, 2.05) is 19.9 Å². The van der Waals surface area contributed by atoms with E-state index in [0.717, 1.165) is 22.8 Å². The summed E-state index contributed by atoms with van der Waals surface area (Å²) in [6.45, 7) is 8.08. The highest BCUT2D eigenvalue weighted by molar-refractivity contribution is 7.99. The van der Waals surface area contributed by atoms with E-state index in [1.54, 1.807) is 0 Å². The number of anilines is 1. The predicted octanol–water partition coefficient (Wildman–Crippen LogP) is 2.87. The maximum Gasteiger partial charge on any atom is 0.236 e. The van der Waals surface area contributed by atoms with E-state index in [4.69, 9.17) is 0 Å². The summed E-state index contributed by atoms with van der Waals surface area (Å²) < 4.78 is 0. The van der Waals surface area contributed by atoms with Gasteiger partial charge in [0.15, 0.2) is 5.16 Å². The van der Waals surface area contributed by atoms with Gasteiger partial charge in [-0.15, -0.1) is 10.2 Å². The van der Waals surface area contributed by atoms with Gasteiger partial charge in [0.2, 0.25) is 11.0 Å². The lowest BCUT2D eigenvalue weighted by atomic mass is 10.1. The molecule has 0 unspecified atom stereocenters. The molecule has 0 saturated carbocycles. The molecule has 0 radical (unpaired) electrons. The van der Waals surface area contributed by atoms with Crippen molar-refractivity contribution in [3.63, 3.8) is 0 Å². The molecule has 6 nitrogen and oxygen atoms in total. The number of carbonyl (C=O) groups excluding carboxylic acids is 1. The molecule has 118 valence electrons. The van der Waals surface area contributed by atoms with E-state index in [-0.39, 0.29) is 11.7 Å². The van der Waals surface area contributed by atoms with Gasteiger partial charge in [-0.2, -0.15) is 0 Å². The van der Waals surface area contributed by atoms with Gasteiger partial charge in [-0.05, 0) is 25.8 Å². The lowest BCUT2D eigenvalue weighted by Crippen LogP contribution is -2.14. The minimum Gasteiger partial charge on any atom is -0.300 e. The molecule has 0 aliphatic carbocycles. The Morgan fingerprint density at radius 1 is 1.27 bits per heavy atom. The quantitative estimate of drug-likeness (QED) is 0.645. The SMILES string of the molecule is Cc1cc(C)nc(SCC(=O)Nc2nnc(CC(C)C)s2)n1. The molecule has 22 heavy (non-hydrogen) atoms. The van der Waals surface area contributed by atoms with Crippen LogP contribution in [0.2, 0.25) is 0 Å². The Bertz CT molecular complexity index is 636. The molecular formula is C14H19N5OS2. The molecule has 2 aromatic heterocycles. The second kappa shape index (κ2) is 7.64. The monoisotopic (exact) mass is 337 g/mol. The number of aromatic nitrogens is 4. The summed E-state index contributed by atoms with van der Waals surface area (Å²) in [7, 11) is 0. The average Bonchev–Trinajstić information content (AvgIpc) is 2.81. The molecule has 0 atom stereocenters. The summed E-state index contributed by atoms with van der Waals surface area (Å²) in [5, 5.41) is 12.9. The smallest absolute Gasteiger partial charge is 0.236 e. The molecule has 2 rings (SSSR count). The lowest BCUT2D eigenvalue weighted by molar-refractivity contribution is -0.113. The normalized spacial score (nSPS) is 11.0. The van der Waals surface area contributed by atoms with E-state index in [0.29, 0.717) is 16.2 Å². The lowest BCUT2D eigenvalue weighted by Gasteiger charge is -2.03. The first-order valence-corrected chi connectivity index (χ1v) is 8.80. The molecule has 1 amide bonds. The first-order valence-electron chi connectivity index (χ1n) is 6.99. The van der Waals surface area contributed by atoms with Crippen LogP contribution in [0.3, 0.4) is 0 Å². The number of thioether (sulfide) groups is 1. The number of hydrogen-bond acceptors (Lipinski definition) is 7. The number of amides is 1. The Morgan fingerprint density at radius 2 is 1.95 bits per heavy atom. The summed E-state index contributed by atoms with van der Waals surface area (Å²) in [6, 6.07) is 1.90. The summed E-state index contributed by atoms with van der Waals surface area (Å²) in [4.78, 5) is 20.5. The zero-order valence-corrected chi connectivity index (χ0v) is 14.7. The van der Waals surface area contributed by atoms with Crippen molar-refractivity contribution < 1.29 is 4.79 Å². The molecule has 8 heteroatoms. The van der Waals surface area contributed by atoms with Crippen molar-refractivity contribution in [1.82, 2.24) is 20.2 Å². The summed E-state index contributed by atoms with van der Waals surface area (Å²) in [5.74, 6) is 0.649. The zero-order chi connectivity index (χ0) is 16.1. The second-order valence-corrected chi connectivity index (χ2v) is 7.37. The molecule has 0 spiro atoms. The standard InChI is InChI=1S/C14H19N5OS2/c1-8(2)5-12-18-19-14(22-12)17-11(20)7-21-13-15-9(3)6-10(4)16-13/h6,8H,5,7H2,1-4H3,(H,17,19,20).